The fraction of sp³-hybridized carbons (Fsp3) is 0.647. The van der Waals surface area contributed by atoms with E-state index in [4.69, 9.17) is 11.6 Å². The molecule has 1 fully saturated rings. The summed E-state index contributed by atoms with van der Waals surface area (Å²) in [6, 6.07) is 5.22. The van der Waals surface area contributed by atoms with Crippen LogP contribution in [0.5, 0.6) is 0 Å². The number of nitrogens with one attached hydrogen (secondary N) is 1. The average Bonchev–Trinajstić information content (AvgIpc) is 2.42. The molecule has 1 nitrogen and oxygen atoms in total. The second kappa shape index (κ2) is 7.42. The maximum absolute atomic E-state index is 13.9. The van der Waals surface area contributed by atoms with Gasteiger partial charge in [0.1, 0.15) is 5.82 Å². The van der Waals surface area contributed by atoms with Crippen LogP contribution in [0.3, 0.4) is 0 Å². The first kappa shape index (κ1) is 15.8. The van der Waals surface area contributed by atoms with Crippen molar-refractivity contribution in [3.63, 3.8) is 0 Å². The Labute approximate surface area is 126 Å². The van der Waals surface area contributed by atoms with Crippen LogP contribution >= 0.6 is 11.6 Å². The van der Waals surface area contributed by atoms with Crippen molar-refractivity contribution in [1.29, 1.82) is 0 Å². The Morgan fingerprint density at radius 2 is 2.20 bits per heavy atom. The molecule has 0 amide bonds. The number of hydrogen-bond acceptors (Lipinski definition) is 1. The molecular weight excluding hydrogens is 273 g/mol. The molecule has 1 aromatic carbocycles. The Kier molecular flexibility index (Phi) is 5.86. The molecule has 0 bridgehead atoms. The van der Waals surface area contributed by atoms with Crippen LogP contribution in [0.4, 0.5) is 4.39 Å². The van der Waals surface area contributed by atoms with E-state index in [0.29, 0.717) is 17.0 Å². The molecule has 1 aliphatic carbocycles. The zero-order chi connectivity index (χ0) is 14.5. The van der Waals surface area contributed by atoms with E-state index >= 15 is 0 Å². The summed E-state index contributed by atoms with van der Waals surface area (Å²) in [5.74, 6) is 1.30. The third-order valence-electron chi connectivity index (χ3n) is 4.46. The number of halogens is 2. The Morgan fingerprint density at radius 3 is 2.90 bits per heavy atom. The molecule has 1 aromatic rings. The van der Waals surface area contributed by atoms with E-state index < -0.39 is 0 Å². The van der Waals surface area contributed by atoms with Gasteiger partial charge in [0, 0.05) is 11.1 Å². The molecule has 2 rings (SSSR count). The highest BCUT2D eigenvalue weighted by Gasteiger charge is 2.27. The predicted molar refractivity (Wildman–Crippen MR) is 83.7 cm³/mol. The summed E-state index contributed by atoms with van der Waals surface area (Å²) in [5.41, 5.74) is 0.738. The van der Waals surface area contributed by atoms with Gasteiger partial charge in [0.25, 0.3) is 0 Å². The Morgan fingerprint density at radius 1 is 1.40 bits per heavy atom. The zero-order valence-electron chi connectivity index (χ0n) is 12.5. The first-order valence-electron chi connectivity index (χ1n) is 7.77. The zero-order valence-corrected chi connectivity index (χ0v) is 13.2. The van der Waals surface area contributed by atoms with E-state index in [1.54, 1.807) is 12.1 Å². The molecule has 1 aliphatic rings. The first-order chi connectivity index (χ1) is 9.60. The Hall–Kier alpha value is -0.600. The van der Waals surface area contributed by atoms with Crippen LogP contribution in [0, 0.1) is 17.7 Å². The quantitative estimate of drug-likeness (QED) is 0.821. The second-order valence-corrected chi connectivity index (χ2v) is 6.57. The van der Waals surface area contributed by atoms with E-state index in [9.17, 15) is 4.39 Å². The molecule has 3 unspecified atom stereocenters. The molecule has 0 saturated heterocycles. The standard InChI is InChI=1S/C17H25ClFN/c1-3-20-17(13-6-4-5-12(2)9-13)11-14-10-15(18)7-8-16(14)19/h7-8,10,12-13,17,20H,3-6,9,11H2,1-2H3. The highest BCUT2D eigenvalue weighted by Crippen LogP contribution is 2.32. The molecule has 1 N–H and O–H groups in total. The van der Waals surface area contributed by atoms with Gasteiger partial charge in [-0.3, -0.25) is 0 Å². The smallest absolute Gasteiger partial charge is 0.126 e. The van der Waals surface area contributed by atoms with Crippen LogP contribution in [0.2, 0.25) is 5.02 Å². The molecule has 0 aliphatic heterocycles. The van der Waals surface area contributed by atoms with Crippen LogP contribution in [0.1, 0.15) is 45.1 Å². The van der Waals surface area contributed by atoms with Crippen molar-refractivity contribution in [3.05, 3.63) is 34.6 Å². The molecule has 3 atom stereocenters. The summed E-state index contributed by atoms with van der Waals surface area (Å²) in [7, 11) is 0. The third kappa shape index (κ3) is 4.20. The van der Waals surface area contributed by atoms with Crippen molar-refractivity contribution in [2.75, 3.05) is 6.54 Å². The third-order valence-corrected chi connectivity index (χ3v) is 4.69. The summed E-state index contributed by atoms with van der Waals surface area (Å²) in [5, 5.41) is 4.18. The van der Waals surface area contributed by atoms with Crippen LogP contribution in [0.25, 0.3) is 0 Å². The summed E-state index contributed by atoms with van der Waals surface area (Å²) in [4.78, 5) is 0. The first-order valence-corrected chi connectivity index (χ1v) is 8.15. The Balaban J connectivity index is 2.10. The summed E-state index contributed by atoms with van der Waals surface area (Å²) in [6.45, 7) is 5.38. The lowest BCUT2D eigenvalue weighted by molar-refractivity contribution is 0.222. The van der Waals surface area contributed by atoms with E-state index in [1.807, 2.05) is 0 Å². The van der Waals surface area contributed by atoms with Crippen molar-refractivity contribution in [2.45, 2.75) is 52.0 Å². The van der Waals surface area contributed by atoms with Gasteiger partial charge in [0.15, 0.2) is 0 Å². The van der Waals surface area contributed by atoms with Gasteiger partial charge < -0.3 is 5.32 Å². The lowest BCUT2D eigenvalue weighted by Crippen LogP contribution is -2.40. The van der Waals surface area contributed by atoms with E-state index in [1.165, 1.54) is 31.7 Å². The van der Waals surface area contributed by atoms with Gasteiger partial charge in [0.05, 0.1) is 0 Å². The van der Waals surface area contributed by atoms with Gasteiger partial charge in [-0.15, -0.1) is 0 Å². The van der Waals surface area contributed by atoms with Crippen LogP contribution < -0.4 is 5.32 Å². The minimum Gasteiger partial charge on any atom is -0.314 e. The predicted octanol–water partition coefficient (Wildman–Crippen LogP) is 4.83. The van der Waals surface area contributed by atoms with E-state index in [-0.39, 0.29) is 5.82 Å². The molecule has 3 heteroatoms. The van der Waals surface area contributed by atoms with Gasteiger partial charge in [0.2, 0.25) is 0 Å². The van der Waals surface area contributed by atoms with Gasteiger partial charge in [-0.05, 0) is 61.4 Å². The topological polar surface area (TPSA) is 12.0 Å². The highest BCUT2D eigenvalue weighted by atomic mass is 35.5. The van der Waals surface area contributed by atoms with Gasteiger partial charge >= 0.3 is 0 Å². The van der Waals surface area contributed by atoms with E-state index in [0.717, 1.165) is 24.4 Å². The molecule has 0 heterocycles. The van der Waals surface area contributed by atoms with Crippen molar-refractivity contribution in [3.8, 4) is 0 Å². The van der Waals surface area contributed by atoms with Crippen LogP contribution in [-0.2, 0) is 6.42 Å². The maximum Gasteiger partial charge on any atom is 0.126 e. The minimum absolute atomic E-state index is 0.138. The van der Waals surface area contributed by atoms with Crippen molar-refractivity contribution >= 4 is 11.6 Å². The fourth-order valence-electron chi connectivity index (χ4n) is 3.45. The van der Waals surface area contributed by atoms with Gasteiger partial charge in [-0.25, -0.2) is 4.39 Å². The van der Waals surface area contributed by atoms with Crippen LogP contribution in [-0.4, -0.2) is 12.6 Å². The number of rotatable bonds is 5. The maximum atomic E-state index is 13.9. The molecule has 0 spiro atoms. The van der Waals surface area contributed by atoms with Crippen molar-refractivity contribution in [1.82, 2.24) is 5.32 Å². The number of benzene rings is 1. The van der Waals surface area contributed by atoms with Gasteiger partial charge in [-0.1, -0.05) is 38.3 Å². The number of likely N-dealkylation sites (N-methyl/N-ethyl adjacent to an activating group) is 1. The van der Waals surface area contributed by atoms with Gasteiger partial charge in [-0.2, -0.15) is 0 Å². The Bertz CT molecular complexity index is 435. The molecule has 0 aromatic heterocycles. The van der Waals surface area contributed by atoms with Crippen molar-refractivity contribution in [2.24, 2.45) is 11.8 Å². The summed E-state index contributed by atoms with van der Waals surface area (Å²) < 4.78 is 13.9. The summed E-state index contributed by atoms with van der Waals surface area (Å²) in [6.07, 6.45) is 5.87. The van der Waals surface area contributed by atoms with Crippen molar-refractivity contribution < 1.29 is 4.39 Å². The SMILES string of the molecule is CCNC(Cc1cc(Cl)ccc1F)C1CCCC(C)C1. The van der Waals surface area contributed by atoms with Crippen LogP contribution in [0.15, 0.2) is 18.2 Å². The molecular formula is C17H25ClFN. The molecule has 20 heavy (non-hydrogen) atoms. The molecule has 1 saturated carbocycles. The second-order valence-electron chi connectivity index (χ2n) is 6.14. The fourth-order valence-corrected chi connectivity index (χ4v) is 3.65. The normalized spacial score (nSPS) is 24.6. The lowest BCUT2D eigenvalue weighted by atomic mass is 9.77. The molecule has 0 radical (unpaired) electrons. The average molecular weight is 298 g/mol. The van der Waals surface area contributed by atoms with E-state index in [2.05, 4.69) is 19.2 Å². The monoisotopic (exact) mass is 297 g/mol. The lowest BCUT2D eigenvalue weighted by Gasteiger charge is -2.34. The highest BCUT2D eigenvalue weighted by molar-refractivity contribution is 6.30. The summed E-state index contributed by atoms with van der Waals surface area (Å²) >= 11 is 6.00. The number of hydrogen-bond donors (Lipinski definition) is 1. The molecule has 112 valence electrons. The minimum atomic E-state index is -0.138. The largest absolute Gasteiger partial charge is 0.314 e.